The molecule has 1 unspecified atom stereocenters. The molecule has 0 aliphatic rings. The average Bonchev–Trinajstić information content (AvgIpc) is 3.38. The van der Waals surface area contributed by atoms with Crippen LogP contribution in [0.5, 0.6) is 0 Å². The Balaban J connectivity index is 1.45. The van der Waals surface area contributed by atoms with E-state index in [1.165, 1.54) is 24.3 Å². The van der Waals surface area contributed by atoms with Gasteiger partial charge in [0.25, 0.3) is 5.89 Å². The van der Waals surface area contributed by atoms with Gasteiger partial charge in [-0.05, 0) is 116 Å². The molecule has 1 atom stereocenters. The number of nitrogens with one attached hydrogen (secondary N) is 2. The Hall–Kier alpha value is -3.89. The summed E-state index contributed by atoms with van der Waals surface area (Å²) in [5.41, 5.74) is 0.600. The molecule has 0 saturated heterocycles. The number of amides is 1. The Bertz CT molecular complexity index is 1700. The van der Waals surface area contributed by atoms with Crippen LogP contribution in [0.3, 0.4) is 0 Å². The Morgan fingerprint density at radius 1 is 1.07 bits per heavy atom. The Morgan fingerprint density at radius 3 is 2.33 bits per heavy atom. The third kappa shape index (κ3) is 8.10. The lowest BCUT2D eigenvalue weighted by Crippen LogP contribution is -2.42. The molecule has 0 bridgehead atoms. The normalized spacial score (nSPS) is 12.5. The van der Waals surface area contributed by atoms with E-state index in [0.717, 1.165) is 9.64 Å². The van der Waals surface area contributed by atoms with E-state index in [2.05, 4.69) is 20.2 Å². The van der Waals surface area contributed by atoms with Gasteiger partial charge in [0.15, 0.2) is 0 Å². The summed E-state index contributed by atoms with van der Waals surface area (Å²) in [7, 11) is -4.13. The number of aromatic nitrogens is 2. The summed E-state index contributed by atoms with van der Waals surface area (Å²) in [5, 5.41) is 16.1. The summed E-state index contributed by atoms with van der Waals surface area (Å²) in [6.07, 6.45) is -0.913. The standard InChI is InChI=1S/C28H26FIN4O7S/c1-28(2,3)40-27(37)31-19-9-5-17(6-10-19)25-32-24(33-41-25)21-13-4-16(14-22(21)29)15-23(26(35)36)34-42(38,39)20-11-7-18(30)8-12-20/h4-14,23,34H,15H2,1-3H3,(H,31,37)(H,35,36). The monoisotopic (exact) mass is 708 g/mol. The molecule has 42 heavy (non-hydrogen) atoms. The number of hydrogen-bond acceptors (Lipinski definition) is 8. The van der Waals surface area contributed by atoms with E-state index < -0.39 is 39.5 Å². The van der Waals surface area contributed by atoms with Crippen molar-refractivity contribution in [2.24, 2.45) is 0 Å². The van der Waals surface area contributed by atoms with Gasteiger partial charge in [0.05, 0.1) is 10.5 Å². The molecular formula is C28H26FIN4O7S. The molecule has 3 aromatic carbocycles. The quantitative estimate of drug-likeness (QED) is 0.192. The zero-order chi connectivity index (χ0) is 30.7. The van der Waals surface area contributed by atoms with Crippen molar-refractivity contribution in [1.82, 2.24) is 14.9 Å². The lowest BCUT2D eigenvalue weighted by atomic mass is 10.0. The number of benzene rings is 3. The Kier molecular flexibility index (Phi) is 9.27. The predicted molar refractivity (Wildman–Crippen MR) is 160 cm³/mol. The van der Waals surface area contributed by atoms with Crippen molar-refractivity contribution >= 4 is 50.4 Å². The number of carbonyl (C=O) groups excluding carboxylic acids is 1. The van der Waals surface area contributed by atoms with Gasteiger partial charge in [-0.3, -0.25) is 10.1 Å². The molecule has 14 heteroatoms. The largest absolute Gasteiger partial charge is 0.480 e. The first kappa shape index (κ1) is 31.1. The van der Waals surface area contributed by atoms with Crippen molar-refractivity contribution in [2.45, 2.75) is 43.7 Å². The van der Waals surface area contributed by atoms with Crippen molar-refractivity contribution < 1.29 is 36.8 Å². The van der Waals surface area contributed by atoms with Crippen molar-refractivity contribution in [3.63, 3.8) is 0 Å². The maximum absolute atomic E-state index is 15.1. The van der Waals surface area contributed by atoms with Crippen LogP contribution in [0, 0.1) is 9.39 Å². The molecule has 3 N–H and O–H groups in total. The van der Waals surface area contributed by atoms with Crippen LogP contribution >= 0.6 is 22.6 Å². The van der Waals surface area contributed by atoms with Gasteiger partial charge in [-0.25, -0.2) is 17.6 Å². The summed E-state index contributed by atoms with van der Waals surface area (Å²) < 4.78 is 53.9. The molecule has 0 fully saturated rings. The predicted octanol–water partition coefficient (Wildman–Crippen LogP) is 5.47. The van der Waals surface area contributed by atoms with Crippen molar-refractivity contribution in [1.29, 1.82) is 0 Å². The molecule has 0 aliphatic heterocycles. The molecule has 1 amide bonds. The summed E-state index contributed by atoms with van der Waals surface area (Å²) in [4.78, 5) is 27.9. The maximum Gasteiger partial charge on any atom is 0.412 e. The van der Waals surface area contributed by atoms with Gasteiger partial charge >= 0.3 is 12.1 Å². The first-order valence-corrected chi connectivity index (χ1v) is 15.0. The van der Waals surface area contributed by atoms with Gasteiger partial charge in [-0.2, -0.15) is 9.71 Å². The number of carboxylic acid groups (broad SMARTS) is 1. The summed E-state index contributed by atoms with van der Waals surface area (Å²) in [6.45, 7) is 5.26. The van der Waals surface area contributed by atoms with Crippen LogP contribution in [0.15, 0.2) is 76.1 Å². The van der Waals surface area contributed by atoms with Gasteiger partial charge in [-0.1, -0.05) is 11.2 Å². The maximum atomic E-state index is 15.1. The Morgan fingerprint density at radius 2 is 1.74 bits per heavy atom. The molecule has 0 saturated carbocycles. The third-order valence-corrected chi connectivity index (χ3v) is 7.84. The van der Waals surface area contributed by atoms with E-state index >= 15 is 4.39 Å². The second-order valence-corrected chi connectivity index (χ2v) is 13.1. The minimum Gasteiger partial charge on any atom is -0.480 e. The molecule has 0 spiro atoms. The van der Waals surface area contributed by atoms with Crippen LogP contribution in [-0.2, 0) is 26.0 Å². The van der Waals surface area contributed by atoms with Crippen LogP contribution in [0.1, 0.15) is 26.3 Å². The number of ether oxygens (including phenoxy) is 1. The van der Waals surface area contributed by atoms with Crippen molar-refractivity contribution in [3.8, 4) is 22.8 Å². The van der Waals surface area contributed by atoms with Gasteiger partial charge < -0.3 is 14.4 Å². The average molecular weight is 709 g/mol. The third-order valence-electron chi connectivity index (χ3n) is 5.64. The molecule has 1 aromatic heterocycles. The lowest BCUT2D eigenvalue weighted by Gasteiger charge is -2.19. The minimum absolute atomic E-state index is 0.00306. The second kappa shape index (κ2) is 12.5. The first-order valence-electron chi connectivity index (χ1n) is 12.4. The van der Waals surface area contributed by atoms with E-state index in [4.69, 9.17) is 9.26 Å². The topological polar surface area (TPSA) is 161 Å². The molecule has 220 valence electrons. The number of halogens is 2. The molecule has 0 aliphatic carbocycles. The number of aliphatic carboxylic acids is 1. The number of hydrogen-bond donors (Lipinski definition) is 3. The SMILES string of the molecule is CC(C)(C)OC(=O)Nc1ccc(-c2nc(-c3ccc(CC(NS(=O)(=O)c4ccc(I)cc4)C(=O)O)cc3F)no2)cc1. The van der Waals surface area contributed by atoms with Crippen LogP contribution in [-0.4, -0.2) is 47.4 Å². The first-order chi connectivity index (χ1) is 19.7. The molecule has 4 rings (SSSR count). The molecular weight excluding hydrogens is 682 g/mol. The van der Waals surface area contributed by atoms with Crippen molar-refractivity contribution in [3.05, 3.63) is 81.7 Å². The smallest absolute Gasteiger partial charge is 0.412 e. The van der Waals surface area contributed by atoms with Gasteiger partial charge in [0.2, 0.25) is 15.8 Å². The molecule has 4 aromatic rings. The summed E-state index contributed by atoms with van der Waals surface area (Å²) in [5.74, 6) is -2.10. The van der Waals surface area contributed by atoms with Crippen molar-refractivity contribution in [2.75, 3.05) is 5.32 Å². The fraction of sp³-hybridized carbons (Fsp3) is 0.214. The highest BCUT2D eigenvalue weighted by Crippen LogP contribution is 2.26. The minimum atomic E-state index is -4.13. The summed E-state index contributed by atoms with van der Waals surface area (Å²) >= 11 is 2.02. The molecule has 1 heterocycles. The molecule has 0 radical (unpaired) electrons. The highest BCUT2D eigenvalue weighted by Gasteiger charge is 2.26. The number of rotatable bonds is 9. The zero-order valence-electron chi connectivity index (χ0n) is 22.6. The fourth-order valence-corrected chi connectivity index (χ4v) is 5.27. The molecule has 11 nitrogen and oxygen atoms in total. The number of carboxylic acids is 1. The van der Waals surface area contributed by atoms with Crippen LogP contribution < -0.4 is 10.0 Å². The highest BCUT2D eigenvalue weighted by atomic mass is 127. The highest BCUT2D eigenvalue weighted by molar-refractivity contribution is 14.1. The Labute approximate surface area is 254 Å². The van der Waals surface area contributed by atoms with E-state index in [1.54, 1.807) is 57.2 Å². The number of sulfonamides is 1. The van der Waals surface area contributed by atoms with Gasteiger partial charge in [0.1, 0.15) is 17.5 Å². The summed E-state index contributed by atoms with van der Waals surface area (Å²) in [6, 6.07) is 14.8. The van der Waals surface area contributed by atoms with Crippen LogP contribution in [0.2, 0.25) is 0 Å². The fourth-order valence-electron chi connectivity index (χ4n) is 3.72. The van der Waals surface area contributed by atoms with Gasteiger partial charge in [-0.15, -0.1) is 0 Å². The van der Waals surface area contributed by atoms with E-state index in [0.29, 0.717) is 11.3 Å². The van der Waals surface area contributed by atoms with E-state index in [1.807, 2.05) is 22.6 Å². The van der Waals surface area contributed by atoms with Crippen LogP contribution in [0.25, 0.3) is 22.8 Å². The number of carbonyl (C=O) groups is 2. The van der Waals surface area contributed by atoms with E-state index in [-0.39, 0.29) is 34.2 Å². The van der Waals surface area contributed by atoms with Gasteiger partial charge in [0, 0.05) is 14.8 Å². The van der Waals surface area contributed by atoms with E-state index in [9.17, 15) is 23.1 Å². The second-order valence-electron chi connectivity index (χ2n) is 10.1. The zero-order valence-corrected chi connectivity index (χ0v) is 25.6. The number of nitrogens with zero attached hydrogens (tertiary/aromatic N) is 2. The lowest BCUT2D eigenvalue weighted by molar-refractivity contribution is -0.138. The van der Waals surface area contributed by atoms with Crippen LogP contribution in [0.4, 0.5) is 14.9 Å². The number of anilines is 1.